The van der Waals surface area contributed by atoms with Crippen molar-refractivity contribution in [3.8, 4) is 0 Å². The van der Waals surface area contributed by atoms with Gasteiger partial charge in [-0.3, -0.25) is 4.90 Å². The number of aromatic amines is 1. The standard InChI is InChI=1S/C14H20N4/c1-10-3-4-12-13(7-10)17-14(16-12)9-18-6-5-15-11(2)8-18/h3-4,7,11,15H,5-6,8-9H2,1-2H3,(H,16,17)/t11-/m0/s1. The molecular formula is C14H20N4. The highest BCUT2D eigenvalue weighted by molar-refractivity contribution is 5.75. The molecule has 0 radical (unpaired) electrons. The third-order valence-corrected chi connectivity index (χ3v) is 3.51. The van der Waals surface area contributed by atoms with Crippen LogP contribution in [-0.2, 0) is 6.54 Å². The van der Waals surface area contributed by atoms with Gasteiger partial charge < -0.3 is 10.3 Å². The minimum Gasteiger partial charge on any atom is -0.341 e. The van der Waals surface area contributed by atoms with E-state index in [4.69, 9.17) is 0 Å². The fourth-order valence-corrected chi connectivity index (χ4v) is 2.62. The third-order valence-electron chi connectivity index (χ3n) is 3.51. The van der Waals surface area contributed by atoms with E-state index in [9.17, 15) is 0 Å². The smallest absolute Gasteiger partial charge is 0.121 e. The molecule has 0 saturated carbocycles. The van der Waals surface area contributed by atoms with E-state index in [1.54, 1.807) is 0 Å². The van der Waals surface area contributed by atoms with Crippen LogP contribution in [0.25, 0.3) is 11.0 Å². The molecule has 2 heterocycles. The van der Waals surface area contributed by atoms with Crippen LogP contribution in [0.2, 0.25) is 0 Å². The zero-order valence-corrected chi connectivity index (χ0v) is 11.0. The van der Waals surface area contributed by atoms with Crippen molar-refractivity contribution in [2.24, 2.45) is 0 Å². The van der Waals surface area contributed by atoms with Crippen LogP contribution in [0, 0.1) is 6.92 Å². The normalized spacial score (nSPS) is 21.6. The Balaban J connectivity index is 1.78. The van der Waals surface area contributed by atoms with Crippen molar-refractivity contribution in [2.45, 2.75) is 26.4 Å². The predicted octanol–water partition coefficient (Wildman–Crippen LogP) is 1.67. The van der Waals surface area contributed by atoms with Crippen molar-refractivity contribution >= 4 is 11.0 Å². The van der Waals surface area contributed by atoms with Crippen LogP contribution in [0.4, 0.5) is 0 Å². The molecule has 2 N–H and O–H groups in total. The Bertz CT molecular complexity index is 546. The van der Waals surface area contributed by atoms with Gasteiger partial charge in [-0.05, 0) is 31.5 Å². The van der Waals surface area contributed by atoms with Crippen molar-refractivity contribution in [1.82, 2.24) is 20.2 Å². The molecule has 1 aromatic carbocycles. The van der Waals surface area contributed by atoms with Crippen LogP contribution in [0.3, 0.4) is 0 Å². The number of imidazole rings is 1. The van der Waals surface area contributed by atoms with E-state index in [2.05, 4.69) is 52.2 Å². The van der Waals surface area contributed by atoms with Gasteiger partial charge in [0.05, 0.1) is 17.6 Å². The summed E-state index contributed by atoms with van der Waals surface area (Å²) in [5.74, 6) is 1.07. The predicted molar refractivity (Wildman–Crippen MR) is 73.6 cm³/mol. The Morgan fingerprint density at radius 1 is 1.44 bits per heavy atom. The summed E-state index contributed by atoms with van der Waals surface area (Å²) in [4.78, 5) is 10.5. The first-order valence-electron chi connectivity index (χ1n) is 6.62. The molecule has 1 atom stereocenters. The molecule has 1 saturated heterocycles. The summed E-state index contributed by atoms with van der Waals surface area (Å²) in [5, 5.41) is 3.46. The average Bonchev–Trinajstić information content (AvgIpc) is 2.70. The summed E-state index contributed by atoms with van der Waals surface area (Å²) in [6.07, 6.45) is 0. The third kappa shape index (κ3) is 2.40. The molecule has 96 valence electrons. The number of rotatable bonds is 2. The summed E-state index contributed by atoms with van der Waals surface area (Å²) >= 11 is 0. The molecule has 0 aliphatic carbocycles. The summed E-state index contributed by atoms with van der Waals surface area (Å²) in [5.41, 5.74) is 3.49. The zero-order chi connectivity index (χ0) is 12.5. The number of nitrogens with one attached hydrogen (secondary N) is 2. The van der Waals surface area contributed by atoms with E-state index in [1.165, 1.54) is 5.56 Å². The molecule has 2 aromatic rings. The maximum atomic E-state index is 4.66. The number of fused-ring (bicyclic) bond motifs is 1. The lowest BCUT2D eigenvalue weighted by Crippen LogP contribution is -2.48. The first-order chi connectivity index (χ1) is 8.70. The fourth-order valence-electron chi connectivity index (χ4n) is 2.62. The Morgan fingerprint density at radius 2 is 2.33 bits per heavy atom. The molecule has 3 rings (SSSR count). The molecular weight excluding hydrogens is 224 g/mol. The van der Waals surface area contributed by atoms with Crippen molar-refractivity contribution in [1.29, 1.82) is 0 Å². The molecule has 0 amide bonds. The summed E-state index contributed by atoms with van der Waals surface area (Å²) < 4.78 is 0. The van der Waals surface area contributed by atoms with E-state index < -0.39 is 0 Å². The summed E-state index contributed by atoms with van der Waals surface area (Å²) in [6, 6.07) is 6.93. The van der Waals surface area contributed by atoms with Crippen molar-refractivity contribution < 1.29 is 0 Å². The minimum absolute atomic E-state index is 0.574. The first-order valence-corrected chi connectivity index (χ1v) is 6.62. The van der Waals surface area contributed by atoms with Gasteiger partial charge in [0.1, 0.15) is 5.82 Å². The van der Waals surface area contributed by atoms with E-state index in [-0.39, 0.29) is 0 Å². The summed E-state index contributed by atoms with van der Waals surface area (Å²) in [7, 11) is 0. The SMILES string of the molecule is Cc1ccc2nc(CN3CCN[C@@H](C)C3)[nH]c2c1. The van der Waals surface area contributed by atoms with Gasteiger partial charge in [0.25, 0.3) is 0 Å². The van der Waals surface area contributed by atoms with Crippen LogP contribution in [-0.4, -0.2) is 40.5 Å². The number of hydrogen-bond acceptors (Lipinski definition) is 3. The van der Waals surface area contributed by atoms with Crippen LogP contribution in [0.5, 0.6) is 0 Å². The Kier molecular flexibility index (Phi) is 3.06. The molecule has 0 bridgehead atoms. The highest BCUT2D eigenvalue weighted by Gasteiger charge is 2.16. The zero-order valence-electron chi connectivity index (χ0n) is 11.0. The van der Waals surface area contributed by atoms with Crippen LogP contribution in [0.15, 0.2) is 18.2 Å². The Morgan fingerprint density at radius 3 is 3.17 bits per heavy atom. The number of aryl methyl sites for hydroxylation is 1. The second-order valence-electron chi connectivity index (χ2n) is 5.29. The van der Waals surface area contributed by atoms with Crippen LogP contribution in [0.1, 0.15) is 18.3 Å². The Hall–Kier alpha value is -1.39. The van der Waals surface area contributed by atoms with Gasteiger partial charge in [-0.1, -0.05) is 6.07 Å². The lowest BCUT2D eigenvalue weighted by Gasteiger charge is -2.31. The van der Waals surface area contributed by atoms with E-state index >= 15 is 0 Å². The lowest BCUT2D eigenvalue weighted by atomic mass is 10.2. The molecule has 1 aromatic heterocycles. The topological polar surface area (TPSA) is 44.0 Å². The number of hydrogen-bond donors (Lipinski definition) is 2. The first kappa shape index (κ1) is 11.7. The van der Waals surface area contributed by atoms with Crippen LogP contribution >= 0.6 is 0 Å². The van der Waals surface area contributed by atoms with E-state index in [0.717, 1.165) is 43.0 Å². The molecule has 0 unspecified atom stereocenters. The van der Waals surface area contributed by atoms with Gasteiger partial charge in [0, 0.05) is 25.7 Å². The highest BCUT2D eigenvalue weighted by atomic mass is 15.2. The molecule has 1 aliphatic rings. The fraction of sp³-hybridized carbons (Fsp3) is 0.500. The Labute approximate surface area is 107 Å². The van der Waals surface area contributed by atoms with Gasteiger partial charge in [0.2, 0.25) is 0 Å². The molecule has 4 heteroatoms. The van der Waals surface area contributed by atoms with Gasteiger partial charge in [-0.25, -0.2) is 4.98 Å². The van der Waals surface area contributed by atoms with E-state index in [1.807, 2.05) is 0 Å². The number of aromatic nitrogens is 2. The molecule has 1 fully saturated rings. The van der Waals surface area contributed by atoms with Crippen molar-refractivity contribution in [3.63, 3.8) is 0 Å². The number of benzene rings is 1. The second-order valence-corrected chi connectivity index (χ2v) is 5.29. The number of nitrogens with zero attached hydrogens (tertiary/aromatic N) is 2. The van der Waals surface area contributed by atoms with Gasteiger partial charge in [-0.15, -0.1) is 0 Å². The average molecular weight is 244 g/mol. The van der Waals surface area contributed by atoms with Gasteiger partial charge >= 0.3 is 0 Å². The largest absolute Gasteiger partial charge is 0.341 e. The maximum Gasteiger partial charge on any atom is 0.121 e. The monoisotopic (exact) mass is 244 g/mol. The van der Waals surface area contributed by atoms with Crippen molar-refractivity contribution in [3.05, 3.63) is 29.6 Å². The van der Waals surface area contributed by atoms with Gasteiger partial charge in [0.15, 0.2) is 0 Å². The lowest BCUT2D eigenvalue weighted by molar-refractivity contribution is 0.196. The number of H-pyrrole nitrogens is 1. The van der Waals surface area contributed by atoms with Crippen molar-refractivity contribution in [2.75, 3.05) is 19.6 Å². The molecule has 18 heavy (non-hydrogen) atoms. The quantitative estimate of drug-likeness (QED) is 0.844. The minimum atomic E-state index is 0.574. The summed E-state index contributed by atoms with van der Waals surface area (Å²) in [6.45, 7) is 8.52. The van der Waals surface area contributed by atoms with Gasteiger partial charge in [-0.2, -0.15) is 0 Å². The maximum absolute atomic E-state index is 4.66. The molecule has 4 nitrogen and oxygen atoms in total. The highest BCUT2D eigenvalue weighted by Crippen LogP contribution is 2.14. The number of piperazine rings is 1. The van der Waals surface area contributed by atoms with E-state index in [0.29, 0.717) is 6.04 Å². The molecule has 0 spiro atoms. The molecule has 1 aliphatic heterocycles. The van der Waals surface area contributed by atoms with Crippen LogP contribution < -0.4 is 5.32 Å². The second kappa shape index (κ2) is 4.71.